The van der Waals surface area contributed by atoms with Gasteiger partial charge in [0, 0.05) is 56.2 Å². The lowest BCUT2D eigenvalue weighted by molar-refractivity contribution is -0.137. The molecule has 4 rings (SSSR count). The van der Waals surface area contributed by atoms with Gasteiger partial charge in [-0.25, -0.2) is 0 Å². The Morgan fingerprint density at radius 3 is 2.44 bits per heavy atom. The predicted molar refractivity (Wildman–Crippen MR) is 126 cm³/mol. The van der Waals surface area contributed by atoms with Crippen molar-refractivity contribution in [2.45, 2.75) is 26.4 Å². The van der Waals surface area contributed by atoms with Gasteiger partial charge < -0.3 is 20.0 Å². The van der Waals surface area contributed by atoms with Crippen molar-refractivity contribution in [1.29, 1.82) is 0 Å². The molecule has 0 spiro atoms. The van der Waals surface area contributed by atoms with Crippen LogP contribution in [0.2, 0.25) is 0 Å². The van der Waals surface area contributed by atoms with Crippen LogP contribution in [0.4, 0.5) is 30.2 Å². The largest absolute Gasteiger partial charge is 0.416 e. The minimum atomic E-state index is -4.50. The minimum absolute atomic E-state index is 0.0408. The van der Waals surface area contributed by atoms with Crippen molar-refractivity contribution in [3.8, 4) is 0 Å². The van der Waals surface area contributed by atoms with Gasteiger partial charge in [-0.3, -0.25) is 9.59 Å². The molecule has 1 unspecified atom stereocenters. The maximum atomic E-state index is 13.0. The van der Waals surface area contributed by atoms with Crippen LogP contribution in [0.5, 0.6) is 0 Å². The highest BCUT2D eigenvalue weighted by Crippen LogP contribution is 2.34. The average Bonchev–Trinajstić information content (AvgIpc) is 3.22. The van der Waals surface area contributed by atoms with Crippen molar-refractivity contribution in [3.05, 3.63) is 53.6 Å². The summed E-state index contributed by atoms with van der Waals surface area (Å²) < 4.78 is 39.1. The van der Waals surface area contributed by atoms with Gasteiger partial charge in [0.1, 0.15) is 0 Å². The van der Waals surface area contributed by atoms with Gasteiger partial charge in [-0.05, 0) is 55.4 Å². The van der Waals surface area contributed by atoms with Crippen LogP contribution in [0, 0.1) is 12.8 Å². The van der Waals surface area contributed by atoms with Gasteiger partial charge in [-0.15, -0.1) is 0 Å². The van der Waals surface area contributed by atoms with Crippen molar-refractivity contribution in [1.82, 2.24) is 4.90 Å². The van der Waals surface area contributed by atoms with Gasteiger partial charge in [0.05, 0.1) is 11.5 Å². The number of carbonyl (C=O) groups excluding carboxylic acids is 2. The predicted octanol–water partition coefficient (Wildman–Crippen LogP) is 4.15. The van der Waals surface area contributed by atoms with Crippen LogP contribution in [-0.4, -0.2) is 56.0 Å². The van der Waals surface area contributed by atoms with Crippen LogP contribution < -0.4 is 15.1 Å². The molecule has 2 heterocycles. The Balaban J connectivity index is 1.40. The fourth-order valence-electron chi connectivity index (χ4n) is 4.52. The number of piperazine rings is 1. The number of alkyl halides is 3. The van der Waals surface area contributed by atoms with Crippen molar-refractivity contribution in [3.63, 3.8) is 0 Å². The normalized spacial score (nSPS) is 19.6. The van der Waals surface area contributed by atoms with Crippen molar-refractivity contribution < 1.29 is 22.8 Å². The monoisotopic (exact) mass is 474 g/mol. The van der Waals surface area contributed by atoms with Crippen molar-refractivity contribution >= 4 is 28.9 Å². The number of halogens is 3. The van der Waals surface area contributed by atoms with E-state index in [-0.39, 0.29) is 30.5 Å². The molecule has 1 N–H and O–H groups in total. The van der Waals surface area contributed by atoms with Gasteiger partial charge in [0.25, 0.3) is 0 Å². The van der Waals surface area contributed by atoms with E-state index in [0.29, 0.717) is 5.69 Å². The van der Waals surface area contributed by atoms with E-state index < -0.39 is 17.7 Å². The third-order valence-electron chi connectivity index (χ3n) is 6.63. The molecule has 2 aromatic carbocycles. The Kier molecular flexibility index (Phi) is 6.84. The Labute approximate surface area is 197 Å². The molecule has 2 aliphatic heterocycles. The Bertz CT molecular complexity index is 1060. The maximum absolute atomic E-state index is 13.0. The van der Waals surface area contributed by atoms with Crippen LogP contribution >= 0.6 is 0 Å². The molecule has 2 saturated heterocycles. The van der Waals surface area contributed by atoms with Gasteiger partial charge in [0.15, 0.2) is 0 Å². The maximum Gasteiger partial charge on any atom is 0.416 e. The third-order valence-corrected chi connectivity index (χ3v) is 6.63. The van der Waals surface area contributed by atoms with Crippen LogP contribution in [-0.2, 0) is 15.8 Å². The van der Waals surface area contributed by atoms with E-state index in [2.05, 4.69) is 22.0 Å². The zero-order valence-corrected chi connectivity index (χ0v) is 19.4. The Morgan fingerprint density at radius 2 is 1.79 bits per heavy atom. The molecule has 0 saturated carbocycles. The molecule has 182 valence electrons. The first-order chi connectivity index (χ1) is 16.2. The average molecular weight is 475 g/mol. The standard InChI is InChI=1S/C25H29F3N4O2/c1-3-30-9-11-31(12-10-30)20-7-8-22(17(2)13-20)29-24(34)18-14-23(33)32(16-18)21-6-4-5-19(15-21)25(26,27)28/h4-8,13,15,18H,3,9-12,14,16H2,1-2H3,(H,29,34). The topological polar surface area (TPSA) is 55.9 Å². The summed E-state index contributed by atoms with van der Waals surface area (Å²) >= 11 is 0. The molecule has 0 aliphatic carbocycles. The van der Waals surface area contributed by atoms with E-state index in [4.69, 9.17) is 0 Å². The molecule has 2 aliphatic rings. The summed E-state index contributed by atoms with van der Waals surface area (Å²) in [4.78, 5) is 31.4. The van der Waals surface area contributed by atoms with Crippen LogP contribution in [0.1, 0.15) is 24.5 Å². The molecule has 2 aromatic rings. The number of amides is 2. The summed E-state index contributed by atoms with van der Waals surface area (Å²) in [5, 5.41) is 2.90. The van der Waals surface area contributed by atoms with E-state index >= 15 is 0 Å². The Hall–Kier alpha value is -3.07. The number of likely N-dealkylation sites (N-methyl/N-ethyl adjacent to an activating group) is 1. The first-order valence-electron chi connectivity index (χ1n) is 11.5. The number of rotatable bonds is 5. The number of hydrogen-bond acceptors (Lipinski definition) is 4. The van der Waals surface area contributed by atoms with E-state index in [1.54, 1.807) is 0 Å². The zero-order valence-electron chi connectivity index (χ0n) is 19.4. The summed E-state index contributed by atoms with van der Waals surface area (Å²) in [5.74, 6) is -1.31. The van der Waals surface area contributed by atoms with Gasteiger partial charge >= 0.3 is 6.18 Å². The molecular weight excluding hydrogens is 445 g/mol. The van der Waals surface area contributed by atoms with Crippen LogP contribution in [0.3, 0.4) is 0 Å². The van der Waals surface area contributed by atoms with E-state index in [9.17, 15) is 22.8 Å². The highest BCUT2D eigenvalue weighted by Gasteiger charge is 2.37. The lowest BCUT2D eigenvalue weighted by Crippen LogP contribution is -2.46. The number of carbonyl (C=O) groups is 2. The molecule has 0 radical (unpaired) electrons. The molecule has 9 heteroatoms. The quantitative estimate of drug-likeness (QED) is 0.708. The van der Waals surface area contributed by atoms with E-state index in [0.717, 1.165) is 56.1 Å². The zero-order chi connectivity index (χ0) is 24.5. The first-order valence-corrected chi connectivity index (χ1v) is 11.5. The molecule has 0 bridgehead atoms. The molecule has 34 heavy (non-hydrogen) atoms. The molecule has 2 amide bonds. The lowest BCUT2D eigenvalue weighted by atomic mass is 10.1. The van der Waals surface area contributed by atoms with E-state index in [1.807, 2.05) is 25.1 Å². The third kappa shape index (κ3) is 5.19. The van der Waals surface area contributed by atoms with Gasteiger partial charge in [0.2, 0.25) is 11.8 Å². The minimum Gasteiger partial charge on any atom is -0.369 e. The van der Waals surface area contributed by atoms with Crippen LogP contribution in [0.25, 0.3) is 0 Å². The number of hydrogen-bond donors (Lipinski definition) is 1. The van der Waals surface area contributed by atoms with Gasteiger partial charge in [-0.2, -0.15) is 13.2 Å². The molecule has 2 fully saturated rings. The number of anilines is 3. The fraction of sp³-hybridized carbons (Fsp3) is 0.440. The van der Waals surface area contributed by atoms with Crippen molar-refractivity contribution in [2.75, 3.05) is 54.4 Å². The SMILES string of the molecule is CCN1CCN(c2ccc(NC(=O)C3CC(=O)N(c4cccc(C(F)(F)F)c4)C3)c(C)c2)CC1. The molecule has 1 atom stereocenters. The first kappa shape index (κ1) is 24.1. The number of nitrogens with zero attached hydrogens (tertiary/aromatic N) is 3. The second kappa shape index (κ2) is 9.66. The second-order valence-electron chi connectivity index (χ2n) is 8.86. The van der Waals surface area contributed by atoms with E-state index in [1.165, 1.54) is 17.0 Å². The lowest BCUT2D eigenvalue weighted by Gasteiger charge is -2.35. The summed E-state index contributed by atoms with van der Waals surface area (Å²) in [6, 6.07) is 10.5. The van der Waals surface area contributed by atoms with Crippen LogP contribution in [0.15, 0.2) is 42.5 Å². The summed E-state index contributed by atoms with van der Waals surface area (Å²) in [6.07, 6.45) is -4.54. The fourth-order valence-corrected chi connectivity index (χ4v) is 4.52. The molecule has 0 aromatic heterocycles. The van der Waals surface area contributed by atoms with Crippen molar-refractivity contribution in [2.24, 2.45) is 5.92 Å². The smallest absolute Gasteiger partial charge is 0.369 e. The molecule has 6 nitrogen and oxygen atoms in total. The summed E-state index contributed by atoms with van der Waals surface area (Å²) in [5.41, 5.74) is 2.03. The molecular formula is C25H29F3N4O2. The second-order valence-corrected chi connectivity index (χ2v) is 8.86. The number of benzene rings is 2. The number of aryl methyl sites for hydroxylation is 1. The highest BCUT2D eigenvalue weighted by atomic mass is 19.4. The Morgan fingerprint density at radius 1 is 1.06 bits per heavy atom. The summed E-state index contributed by atoms with van der Waals surface area (Å²) in [6.45, 7) is 9.13. The summed E-state index contributed by atoms with van der Waals surface area (Å²) in [7, 11) is 0. The highest BCUT2D eigenvalue weighted by molar-refractivity contribution is 6.03. The number of nitrogens with one attached hydrogen (secondary N) is 1. The van der Waals surface area contributed by atoms with Gasteiger partial charge in [-0.1, -0.05) is 13.0 Å².